The fourth-order valence-electron chi connectivity index (χ4n) is 2.24. The van der Waals surface area contributed by atoms with E-state index in [4.69, 9.17) is 5.11 Å². The Labute approximate surface area is 92.4 Å². The van der Waals surface area contributed by atoms with Gasteiger partial charge in [0.25, 0.3) is 0 Å². The number of rotatable bonds is 4. The van der Waals surface area contributed by atoms with Crippen LogP contribution in [0.15, 0.2) is 0 Å². The van der Waals surface area contributed by atoms with Crippen molar-refractivity contribution in [3.8, 4) is 0 Å². The molecule has 1 heterocycles. The summed E-state index contributed by atoms with van der Waals surface area (Å²) >= 11 is 1.65. The molecule has 2 nitrogen and oxygen atoms in total. The molecule has 1 N–H and O–H groups in total. The van der Waals surface area contributed by atoms with Gasteiger partial charge in [0.1, 0.15) is 0 Å². The maximum Gasteiger partial charge on any atom is 0.303 e. The van der Waals surface area contributed by atoms with Crippen molar-refractivity contribution in [1.29, 1.82) is 0 Å². The van der Waals surface area contributed by atoms with Gasteiger partial charge in [-0.25, -0.2) is 8.78 Å². The molecular formula is C10H16F2O2S. The molecule has 0 saturated carbocycles. The van der Waals surface area contributed by atoms with Crippen LogP contribution in [0.3, 0.4) is 0 Å². The first-order chi connectivity index (χ1) is 6.84. The van der Waals surface area contributed by atoms with Gasteiger partial charge in [-0.15, -0.1) is 0 Å². The Morgan fingerprint density at radius 1 is 1.60 bits per heavy atom. The lowest BCUT2D eigenvalue weighted by Gasteiger charge is -2.32. The Bertz CT molecular complexity index is 244. The smallest absolute Gasteiger partial charge is 0.303 e. The Morgan fingerprint density at radius 3 is 2.53 bits per heavy atom. The first kappa shape index (κ1) is 12.7. The van der Waals surface area contributed by atoms with Crippen LogP contribution in [0.4, 0.5) is 8.78 Å². The molecule has 15 heavy (non-hydrogen) atoms. The van der Waals surface area contributed by atoms with E-state index in [0.717, 1.165) is 5.75 Å². The molecule has 0 aromatic rings. The van der Waals surface area contributed by atoms with Crippen molar-refractivity contribution < 1.29 is 18.7 Å². The van der Waals surface area contributed by atoms with E-state index >= 15 is 0 Å². The van der Waals surface area contributed by atoms with Crippen LogP contribution in [0.5, 0.6) is 0 Å². The van der Waals surface area contributed by atoms with Crippen molar-refractivity contribution in [2.75, 3.05) is 5.75 Å². The van der Waals surface area contributed by atoms with Crippen molar-refractivity contribution >= 4 is 17.7 Å². The number of carboxylic acids is 1. The normalized spacial score (nSPS) is 26.9. The SMILES string of the molecule is CC1(C)SCCC1C(CC(=O)O)C(F)F. The van der Waals surface area contributed by atoms with Crippen LogP contribution < -0.4 is 0 Å². The minimum Gasteiger partial charge on any atom is -0.481 e. The van der Waals surface area contributed by atoms with E-state index in [2.05, 4.69) is 0 Å². The van der Waals surface area contributed by atoms with Crippen LogP contribution in [-0.2, 0) is 4.79 Å². The summed E-state index contributed by atoms with van der Waals surface area (Å²) in [4.78, 5) is 10.5. The highest BCUT2D eigenvalue weighted by Crippen LogP contribution is 2.48. The standard InChI is InChI=1S/C10H16F2O2S/c1-10(2)7(3-4-15-10)6(9(11)12)5-8(13)14/h6-7,9H,3-5H2,1-2H3,(H,13,14). The van der Waals surface area contributed by atoms with Gasteiger partial charge in [0, 0.05) is 10.7 Å². The fraction of sp³-hybridized carbons (Fsp3) is 0.900. The summed E-state index contributed by atoms with van der Waals surface area (Å²) in [6, 6.07) is 0. The molecule has 5 heteroatoms. The zero-order valence-electron chi connectivity index (χ0n) is 8.87. The van der Waals surface area contributed by atoms with Crippen LogP contribution in [-0.4, -0.2) is 28.0 Å². The molecule has 1 fully saturated rings. The Kier molecular flexibility index (Phi) is 3.98. The highest BCUT2D eigenvalue weighted by atomic mass is 32.2. The van der Waals surface area contributed by atoms with Crippen molar-refractivity contribution in [3.05, 3.63) is 0 Å². The van der Waals surface area contributed by atoms with Crippen LogP contribution in [0.1, 0.15) is 26.7 Å². The molecule has 1 aliphatic rings. The third kappa shape index (κ3) is 3.06. The second-order valence-corrected chi connectivity index (χ2v) is 6.19. The first-order valence-corrected chi connectivity index (χ1v) is 5.97. The molecule has 2 atom stereocenters. The molecule has 88 valence electrons. The molecule has 0 radical (unpaired) electrons. The van der Waals surface area contributed by atoms with Crippen molar-refractivity contribution in [1.82, 2.24) is 0 Å². The second-order valence-electron chi connectivity index (χ2n) is 4.44. The van der Waals surface area contributed by atoms with Gasteiger partial charge >= 0.3 is 5.97 Å². The predicted octanol–water partition coefficient (Wildman–Crippen LogP) is 2.87. The minimum atomic E-state index is -2.54. The third-order valence-electron chi connectivity index (χ3n) is 3.05. The summed E-state index contributed by atoms with van der Waals surface area (Å²) in [5.41, 5.74) is 0. The molecule has 1 rings (SSSR count). The topological polar surface area (TPSA) is 37.3 Å². The zero-order chi connectivity index (χ0) is 11.6. The van der Waals surface area contributed by atoms with Gasteiger partial charge in [-0.05, 0) is 18.1 Å². The Balaban J connectivity index is 2.75. The number of carboxylic acid groups (broad SMARTS) is 1. The zero-order valence-corrected chi connectivity index (χ0v) is 9.69. The molecule has 1 saturated heterocycles. The van der Waals surface area contributed by atoms with Crippen LogP contribution in [0.2, 0.25) is 0 Å². The van der Waals surface area contributed by atoms with E-state index in [9.17, 15) is 13.6 Å². The quantitative estimate of drug-likeness (QED) is 0.818. The molecule has 0 aromatic carbocycles. The van der Waals surface area contributed by atoms with Gasteiger partial charge in [-0.1, -0.05) is 13.8 Å². The fourth-order valence-corrected chi connectivity index (χ4v) is 3.65. The van der Waals surface area contributed by atoms with Gasteiger partial charge in [0.2, 0.25) is 6.43 Å². The first-order valence-electron chi connectivity index (χ1n) is 4.98. The average Bonchev–Trinajstić information content (AvgIpc) is 2.40. The molecule has 1 aliphatic heterocycles. The van der Waals surface area contributed by atoms with Crippen molar-refractivity contribution in [2.24, 2.45) is 11.8 Å². The average molecular weight is 238 g/mol. The largest absolute Gasteiger partial charge is 0.481 e. The van der Waals surface area contributed by atoms with Gasteiger partial charge < -0.3 is 5.11 Å². The Morgan fingerprint density at radius 2 is 2.20 bits per heavy atom. The van der Waals surface area contributed by atoms with E-state index < -0.39 is 24.7 Å². The summed E-state index contributed by atoms with van der Waals surface area (Å²) in [6.07, 6.45) is -2.27. The maximum atomic E-state index is 12.8. The number of carbonyl (C=O) groups is 1. The molecule has 0 aliphatic carbocycles. The van der Waals surface area contributed by atoms with Crippen LogP contribution >= 0.6 is 11.8 Å². The molecule has 0 spiro atoms. The molecule has 0 bridgehead atoms. The van der Waals surface area contributed by atoms with Gasteiger partial charge in [-0.3, -0.25) is 4.79 Å². The van der Waals surface area contributed by atoms with E-state index in [0.29, 0.717) is 6.42 Å². The summed E-state index contributed by atoms with van der Waals surface area (Å²) in [5, 5.41) is 8.62. The molecule has 0 aromatic heterocycles. The van der Waals surface area contributed by atoms with Crippen molar-refractivity contribution in [3.63, 3.8) is 0 Å². The summed E-state index contributed by atoms with van der Waals surface area (Å²) in [7, 11) is 0. The predicted molar refractivity (Wildman–Crippen MR) is 56.4 cm³/mol. The molecule has 2 unspecified atom stereocenters. The second kappa shape index (κ2) is 4.68. The van der Waals surface area contributed by atoms with Crippen LogP contribution in [0, 0.1) is 11.8 Å². The number of thioether (sulfide) groups is 1. The summed E-state index contributed by atoms with van der Waals surface area (Å²) in [5.74, 6) is -1.49. The highest BCUT2D eigenvalue weighted by Gasteiger charge is 2.44. The van der Waals surface area contributed by atoms with E-state index in [1.54, 1.807) is 11.8 Å². The lowest BCUT2D eigenvalue weighted by Crippen LogP contribution is -2.34. The lowest BCUT2D eigenvalue weighted by molar-refractivity contribution is -0.140. The lowest BCUT2D eigenvalue weighted by atomic mass is 9.79. The van der Waals surface area contributed by atoms with Crippen LogP contribution in [0.25, 0.3) is 0 Å². The number of aliphatic carboxylic acids is 1. The van der Waals surface area contributed by atoms with Crippen molar-refractivity contribution in [2.45, 2.75) is 37.9 Å². The Hall–Kier alpha value is -0.320. The van der Waals surface area contributed by atoms with Gasteiger partial charge in [0.15, 0.2) is 0 Å². The number of alkyl halides is 2. The minimum absolute atomic E-state index is 0.196. The van der Waals surface area contributed by atoms with Gasteiger partial charge in [-0.2, -0.15) is 11.8 Å². The van der Waals surface area contributed by atoms with E-state index in [1.165, 1.54) is 0 Å². The van der Waals surface area contributed by atoms with Gasteiger partial charge in [0.05, 0.1) is 6.42 Å². The van der Waals surface area contributed by atoms with E-state index in [1.807, 2.05) is 13.8 Å². The summed E-state index contributed by atoms with van der Waals surface area (Å²) < 4.78 is 25.3. The molecule has 0 amide bonds. The van der Waals surface area contributed by atoms with E-state index in [-0.39, 0.29) is 10.7 Å². The number of halogens is 2. The monoisotopic (exact) mass is 238 g/mol. The number of hydrogen-bond acceptors (Lipinski definition) is 2. The summed E-state index contributed by atoms with van der Waals surface area (Å²) in [6.45, 7) is 3.85. The molecular weight excluding hydrogens is 222 g/mol. The maximum absolute atomic E-state index is 12.8. The highest BCUT2D eigenvalue weighted by molar-refractivity contribution is 8.00. The number of hydrogen-bond donors (Lipinski definition) is 1. The third-order valence-corrected chi connectivity index (χ3v) is 4.53.